The van der Waals surface area contributed by atoms with Gasteiger partial charge in [0.2, 0.25) is 0 Å². The molecule has 0 amide bonds. The van der Waals surface area contributed by atoms with E-state index in [2.05, 4.69) is 32.9 Å². The van der Waals surface area contributed by atoms with E-state index in [9.17, 15) is 0 Å². The third-order valence-corrected chi connectivity index (χ3v) is 2.69. The summed E-state index contributed by atoms with van der Waals surface area (Å²) in [7, 11) is 1.70. The third-order valence-electron chi connectivity index (χ3n) is 2.69. The normalized spacial score (nSPS) is 10.3. The maximum absolute atomic E-state index is 8.63. The zero-order valence-electron chi connectivity index (χ0n) is 12.1. The van der Waals surface area contributed by atoms with Crippen molar-refractivity contribution in [3.8, 4) is 11.5 Å². The summed E-state index contributed by atoms with van der Waals surface area (Å²) in [5.41, 5.74) is 1.51. The molecule has 0 bridgehead atoms. The molecule has 2 rings (SSSR count). The topological polar surface area (TPSA) is 29.5 Å². The molecule has 1 N–H and O–H groups in total. The van der Waals surface area contributed by atoms with Crippen molar-refractivity contribution in [2.45, 2.75) is 26.2 Å². The maximum Gasteiger partial charge on any atom is 0.119 e. The van der Waals surface area contributed by atoms with Crippen LogP contribution in [-0.4, -0.2) is 12.2 Å². The van der Waals surface area contributed by atoms with E-state index >= 15 is 0 Å². The molecule has 0 saturated carbocycles. The van der Waals surface area contributed by atoms with Crippen LogP contribution >= 0.6 is 0 Å². The van der Waals surface area contributed by atoms with E-state index in [0.717, 1.165) is 5.75 Å². The lowest BCUT2D eigenvalue weighted by atomic mass is 9.87. The summed E-state index contributed by atoms with van der Waals surface area (Å²) < 4.78 is 5.15. The minimum absolute atomic E-state index is 0.203. The average molecular weight is 258 g/mol. The van der Waals surface area contributed by atoms with Crippen LogP contribution < -0.4 is 4.74 Å². The van der Waals surface area contributed by atoms with Crippen LogP contribution in [0.2, 0.25) is 0 Å². The number of benzene rings is 2. The number of para-hydroxylation sites is 1. The lowest BCUT2D eigenvalue weighted by Crippen LogP contribution is -2.10. The summed E-state index contributed by atoms with van der Waals surface area (Å²) in [6.45, 7) is 6.59. The predicted molar refractivity (Wildman–Crippen MR) is 79.8 cm³/mol. The van der Waals surface area contributed by atoms with Crippen molar-refractivity contribution in [2.75, 3.05) is 7.11 Å². The van der Waals surface area contributed by atoms with Crippen molar-refractivity contribution >= 4 is 0 Å². The highest BCUT2D eigenvalue weighted by Crippen LogP contribution is 2.25. The van der Waals surface area contributed by atoms with Gasteiger partial charge in [-0.2, -0.15) is 0 Å². The SMILES string of the molecule is COc1cccc(C(C)(C)C)c1.Oc1ccccc1. The van der Waals surface area contributed by atoms with Crippen molar-refractivity contribution < 1.29 is 9.84 Å². The summed E-state index contributed by atoms with van der Waals surface area (Å²) >= 11 is 0. The van der Waals surface area contributed by atoms with Gasteiger partial charge >= 0.3 is 0 Å². The number of rotatable bonds is 1. The first-order valence-electron chi connectivity index (χ1n) is 6.32. The molecule has 0 aliphatic heterocycles. The van der Waals surface area contributed by atoms with E-state index in [-0.39, 0.29) is 5.41 Å². The standard InChI is InChI=1S/C11H16O.C6H6O/c1-11(2,3)9-6-5-7-10(8-9)12-4;7-6-4-2-1-3-5-6/h5-8H,1-4H3;1-5,7H. The van der Waals surface area contributed by atoms with Gasteiger partial charge in [-0.15, -0.1) is 0 Å². The molecule has 0 spiro atoms. The molecule has 2 aromatic carbocycles. The van der Waals surface area contributed by atoms with Crippen LogP contribution in [0.25, 0.3) is 0 Å². The van der Waals surface area contributed by atoms with Crippen LogP contribution in [0.4, 0.5) is 0 Å². The fourth-order valence-corrected chi connectivity index (χ4v) is 1.52. The van der Waals surface area contributed by atoms with Gasteiger partial charge in [0.15, 0.2) is 0 Å². The Morgan fingerprint density at radius 1 is 0.895 bits per heavy atom. The second-order valence-electron chi connectivity index (χ2n) is 5.32. The summed E-state index contributed by atoms with van der Waals surface area (Å²) in [4.78, 5) is 0. The molecule has 0 heterocycles. The van der Waals surface area contributed by atoms with Crippen LogP contribution in [0.15, 0.2) is 54.6 Å². The first kappa shape index (κ1) is 15.1. The minimum atomic E-state index is 0.203. The van der Waals surface area contributed by atoms with E-state index < -0.39 is 0 Å². The van der Waals surface area contributed by atoms with Gasteiger partial charge in [0.25, 0.3) is 0 Å². The fraction of sp³-hybridized carbons (Fsp3) is 0.294. The smallest absolute Gasteiger partial charge is 0.119 e. The summed E-state index contributed by atoms with van der Waals surface area (Å²) in [5.74, 6) is 1.25. The molecule has 0 unspecified atom stereocenters. The van der Waals surface area contributed by atoms with Gasteiger partial charge in [-0.1, -0.05) is 51.1 Å². The Bertz CT molecular complexity index is 484. The van der Waals surface area contributed by atoms with Gasteiger partial charge in [0, 0.05) is 0 Å². The number of ether oxygens (including phenoxy) is 1. The Morgan fingerprint density at radius 3 is 1.95 bits per heavy atom. The van der Waals surface area contributed by atoms with Crippen molar-refractivity contribution in [3.63, 3.8) is 0 Å². The Hall–Kier alpha value is -1.96. The van der Waals surface area contributed by atoms with Crippen LogP contribution in [0.5, 0.6) is 11.5 Å². The molecule has 0 atom stereocenters. The zero-order valence-corrected chi connectivity index (χ0v) is 12.1. The number of aromatic hydroxyl groups is 1. The van der Waals surface area contributed by atoms with Crippen molar-refractivity contribution in [3.05, 3.63) is 60.2 Å². The van der Waals surface area contributed by atoms with E-state index in [1.54, 1.807) is 31.4 Å². The average Bonchev–Trinajstić information content (AvgIpc) is 2.39. The molecule has 19 heavy (non-hydrogen) atoms. The summed E-state index contributed by atoms with van der Waals surface area (Å²) in [6, 6.07) is 16.9. The van der Waals surface area contributed by atoms with Crippen LogP contribution in [-0.2, 0) is 5.41 Å². The van der Waals surface area contributed by atoms with Crippen molar-refractivity contribution in [1.82, 2.24) is 0 Å². The van der Waals surface area contributed by atoms with E-state index in [1.165, 1.54) is 5.56 Å². The summed E-state index contributed by atoms with van der Waals surface area (Å²) in [6.07, 6.45) is 0. The first-order chi connectivity index (χ1) is 8.93. The first-order valence-corrected chi connectivity index (χ1v) is 6.32. The largest absolute Gasteiger partial charge is 0.508 e. The molecule has 102 valence electrons. The van der Waals surface area contributed by atoms with Crippen molar-refractivity contribution in [1.29, 1.82) is 0 Å². The third kappa shape index (κ3) is 5.47. The van der Waals surface area contributed by atoms with Gasteiger partial charge in [-0.25, -0.2) is 0 Å². The van der Waals surface area contributed by atoms with Crippen molar-refractivity contribution in [2.24, 2.45) is 0 Å². The molecule has 0 aromatic heterocycles. The van der Waals surface area contributed by atoms with Gasteiger partial charge in [-0.3, -0.25) is 0 Å². The highest BCUT2D eigenvalue weighted by molar-refractivity contribution is 5.32. The molecule has 2 aromatic rings. The molecule has 0 fully saturated rings. The second-order valence-corrected chi connectivity index (χ2v) is 5.32. The predicted octanol–water partition coefficient (Wildman–Crippen LogP) is 4.38. The number of hydrogen-bond acceptors (Lipinski definition) is 2. The highest BCUT2D eigenvalue weighted by atomic mass is 16.5. The molecule has 0 radical (unpaired) electrons. The number of methoxy groups -OCH3 is 1. The van der Waals surface area contributed by atoms with Gasteiger partial charge in [-0.05, 0) is 35.2 Å². The maximum atomic E-state index is 8.63. The van der Waals surface area contributed by atoms with Gasteiger partial charge in [0.1, 0.15) is 11.5 Å². The summed E-state index contributed by atoms with van der Waals surface area (Å²) in [5, 5.41) is 8.63. The van der Waals surface area contributed by atoms with Crippen LogP contribution in [0.1, 0.15) is 26.3 Å². The molecule has 2 heteroatoms. The molecular weight excluding hydrogens is 236 g/mol. The second kappa shape index (κ2) is 6.83. The van der Waals surface area contributed by atoms with E-state index in [1.807, 2.05) is 18.2 Å². The number of hydrogen-bond donors (Lipinski definition) is 1. The van der Waals surface area contributed by atoms with Crippen LogP contribution in [0.3, 0.4) is 0 Å². The fourth-order valence-electron chi connectivity index (χ4n) is 1.52. The van der Waals surface area contributed by atoms with Crippen LogP contribution in [0, 0.1) is 0 Å². The van der Waals surface area contributed by atoms with Gasteiger partial charge in [0.05, 0.1) is 7.11 Å². The Morgan fingerprint density at radius 2 is 1.53 bits per heavy atom. The lowest BCUT2D eigenvalue weighted by molar-refractivity contribution is 0.412. The van der Waals surface area contributed by atoms with E-state index in [4.69, 9.17) is 9.84 Å². The van der Waals surface area contributed by atoms with Gasteiger partial charge < -0.3 is 9.84 Å². The quantitative estimate of drug-likeness (QED) is 0.822. The Kier molecular flexibility index (Phi) is 5.43. The Labute approximate surface area is 115 Å². The highest BCUT2D eigenvalue weighted by Gasteiger charge is 2.13. The molecular formula is C17H22O2. The minimum Gasteiger partial charge on any atom is -0.508 e. The van der Waals surface area contributed by atoms with E-state index in [0.29, 0.717) is 5.75 Å². The molecule has 2 nitrogen and oxygen atoms in total. The molecule has 0 aliphatic carbocycles. The number of phenols is 1. The monoisotopic (exact) mass is 258 g/mol. The zero-order chi connectivity index (χ0) is 14.3. The number of phenolic OH excluding ortho intramolecular Hbond substituents is 1. The lowest BCUT2D eigenvalue weighted by Gasteiger charge is -2.19. The molecule has 0 saturated heterocycles. The Balaban J connectivity index is 0.000000218. The molecule has 0 aliphatic rings.